The maximum absolute atomic E-state index is 10.9. The largest absolute Gasteiger partial charge is 0.428 e. The second kappa shape index (κ2) is 4.18. The van der Waals surface area contributed by atoms with Gasteiger partial charge in [-0.15, -0.1) is 0 Å². The van der Waals surface area contributed by atoms with Crippen LogP contribution in [0.2, 0.25) is 0 Å². The Morgan fingerprint density at radius 3 is 2.62 bits per heavy atom. The van der Waals surface area contributed by atoms with Crippen LogP contribution in [0.15, 0.2) is 11.8 Å². The molecule has 1 rings (SSSR count). The summed E-state index contributed by atoms with van der Waals surface area (Å²) in [6.07, 6.45) is 2.80. The predicted molar refractivity (Wildman–Crippen MR) is 59.5 cm³/mol. The average molecular weight is 228 g/mol. The van der Waals surface area contributed by atoms with Gasteiger partial charge in [-0.2, -0.15) is 0 Å². The van der Waals surface area contributed by atoms with Crippen molar-refractivity contribution in [3.05, 3.63) is 11.8 Å². The van der Waals surface area contributed by atoms with Crippen molar-refractivity contribution in [3.63, 3.8) is 0 Å². The number of carbonyl (C=O) groups is 1. The van der Waals surface area contributed by atoms with Gasteiger partial charge in [0.25, 0.3) is 0 Å². The smallest absolute Gasteiger partial charge is 0.307 e. The number of rotatable bonds is 2. The van der Waals surface area contributed by atoms with Crippen molar-refractivity contribution in [2.45, 2.75) is 51.7 Å². The Balaban J connectivity index is 2.96. The molecule has 0 heterocycles. The van der Waals surface area contributed by atoms with Crippen molar-refractivity contribution in [1.82, 2.24) is 0 Å². The molecule has 2 unspecified atom stereocenters. The first-order chi connectivity index (χ1) is 7.13. The molecule has 16 heavy (non-hydrogen) atoms. The second-order valence-electron chi connectivity index (χ2n) is 5.20. The lowest BCUT2D eigenvalue weighted by Crippen LogP contribution is -2.39. The number of hydrogen-bond acceptors (Lipinski definition) is 4. The van der Waals surface area contributed by atoms with E-state index in [2.05, 4.69) is 0 Å². The van der Waals surface area contributed by atoms with Crippen LogP contribution in [0.4, 0.5) is 0 Å². The summed E-state index contributed by atoms with van der Waals surface area (Å²) in [5.74, 6) is -0.316. The predicted octanol–water partition coefficient (Wildman–Crippen LogP) is 1.37. The summed E-state index contributed by atoms with van der Waals surface area (Å²) in [4.78, 5) is 10.9. The van der Waals surface area contributed by atoms with Crippen molar-refractivity contribution in [2.24, 2.45) is 5.92 Å². The fourth-order valence-electron chi connectivity index (χ4n) is 1.86. The molecule has 0 amide bonds. The molecule has 1 aliphatic carbocycles. The summed E-state index contributed by atoms with van der Waals surface area (Å²) in [6, 6.07) is 0. The lowest BCUT2D eigenvalue weighted by molar-refractivity contribution is -0.141. The van der Waals surface area contributed by atoms with Crippen molar-refractivity contribution < 1.29 is 19.7 Å². The number of ether oxygens (including phenoxy) is 1. The highest BCUT2D eigenvalue weighted by Crippen LogP contribution is 2.37. The molecule has 0 aliphatic heterocycles. The Hall–Kier alpha value is -0.870. The van der Waals surface area contributed by atoms with Crippen LogP contribution < -0.4 is 0 Å². The molecule has 0 aromatic heterocycles. The zero-order valence-electron chi connectivity index (χ0n) is 10.3. The highest BCUT2D eigenvalue weighted by molar-refractivity contribution is 5.67. The normalized spacial score (nSPS) is 30.9. The van der Waals surface area contributed by atoms with Gasteiger partial charge in [0, 0.05) is 12.8 Å². The fraction of sp³-hybridized carbons (Fsp3) is 0.750. The third kappa shape index (κ3) is 3.06. The van der Waals surface area contributed by atoms with Gasteiger partial charge in [0.2, 0.25) is 0 Å². The molecule has 0 bridgehead atoms. The van der Waals surface area contributed by atoms with Crippen LogP contribution in [0, 0.1) is 5.92 Å². The zero-order chi connectivity index (χ0) is 12.6. The molecule has 4 nitrogen and oxygen atoms in total. The SMILES string of the molecule is CC(=O)OC1=CC(C(C)(C)O)CCC1(C)O. The van der Waals surface area contributed by atoms with Gasteiger partial charge >= 0.3 is 5.97 Å². The number of esters is 1. The summed E-state index contributed by atoms with van der Waals surface area (Å²) in [5.41, 5.74) is -1.99. The van der Waals surface area contributed by atoms with Gasteiger partial charge < -0.3 is 14.9 Å². The number of hydrogen-bond donors (Lipinski definition) is 2. The van der Waals surface area contributed by atoms with Crippen LogP contribution in [0.25, 0.3) is 0 Å². The topological polar surface area (TPSA) is 66.8 Å². The minimum Gasteiger partial charge on any atom is -0.428 e. The molecule has 0 saturated heterocycles. The van der Waals surface area contributed by atoms with Gasteiger partial charge in [-0.05, 0) is 39.7 Å². The molecule has 0 saturated carbocycles. The van der Waals surface area contributed by atoms with E-state index < -0.39 is 17.2 Å². The summed E-state index contributed by atoms with van der Waals surface area (Å²) in [5, 5.41) is 19.9. The van der Waals surface area contributed by atoms with Gasteiger partial charge in [0.1, 0.15) is 11.4 Å². The molecular weight excluding hydrogens is 208 g/mol. The summed E-state index contributed by atoms with van der Waals surface area (Å²) < 4.78 is 4.99. The van der Waals surface area contributed by atoms with Crippen molar-refractivity contribution in [2.75, 3.05) is 0 Å². The van der Waals surface area contributed by atoms with E-state index in [1.165, 1.54) is 6.92 Å². The van der Waals surface area contributed by atoms with Gasteiger partial charge in [-0.3, -0.25) is 4.79 Å². The van der Waals surface area contributed by atoms with E-state index in [-0.39, 0.29) is 11.7 Å². The highest BCUT2D eigenvalue weighted by atomic mass is 16.5. The van der Waals surface area contributed by atoms with E-state index in [0.29, 0.717) is 12.8 Å². The average Bonchev–Trinajstić information content (AvgIpc) is 2.05. The van der Waals surface area contributed by atoms with E-state index in [4.69, 9.17) is 4.74 Å². The molecule has 1 aliphatic rings. The molecule has 0 radical (unpaired) electrons. The summed E-state index contributed by atoms with van der Waals surface area (Å²) >= 11 is 0. The maximum atomic E-state index is 10.9. The quantitative estimate of drug-likeness (QED) is 0.700. The Bertz CT molecular complexity index is 309. The maximum Gasteiger partial charge on any atom is 0.307 e. The van der Waals surface area contributed by atoms with Crippen LogP contribution >= 0.6 is 0 Å². The van der Waals surface area contributed by atoms with Crippen LogP contribution in [0.3, 0.4) is 0 Å². The van der Waals surface area contributed by atoms with E-state index >= 15 is 0 Å². The molecule has 92 valence electrons. The second-order valence-corrected chi connectivity index (χ2v) is 5.20. The van der Waals surface area contributed by atoms with E-state index in [1.54, 1.807) is 26.8 Å². The Labute approximate surface area is 95.9 Å². The zero-order valence-corrected chi connectivity index (χ0v) is 10.3. The minimum absolute atomic E-state index is 0.109. The van der Waals surface area contributed by atoms with Crippen LogP contribution in [-0.4, -0.2) is 27.4 Å². The van der Waals surface area contributed by atoms with E-state index in [0.717, 1.165) is 0 Å². The van der Waals surface area contributed by atoms with Crippen LogP contribution in [0.1, 0.15) is 40.5 Å². The molecule has 0 spiro atoms. The standard InChI is InChI=1S/C12H20O4/c1-8(13)16-10-7-9(11(2,3)14)5-6-12(10,4)15/h7,9,14-15H,5-6H2,1-4H3. The monoisotopic (exact) mass is 228 g/mol. The lowest BCUT2D eigenvalue weighted by Gasteiger charge is -2.36. The molecule has 4 heteroatoms. The van der Waals surface area contributed by atoms with Crippen molar-refractivity contribution in [3.8, 4) is 0 Å². The van der Waals surface area contributed by atoms with Gasteiger partial charge in [-0.1, -0.05) is 0 Å². The number of carbonyl (C=O) groups excluding carboxylic acids is 1. The third-order valence-corrected chi connectivity index (χ3v) is 2.99. The minimum atomic E-state index is -1.12. The van der Waals surface area contributed by atoms with E-state index in [9.17, 15) is 15.0 Å². The van der Waals surface area contributed by atoms with Crippen LogP contribution in [0.5, 0.6) is 0 Å². The van der Waals surface area contributed by atoms with Gasteiger partial charge in [0.05, 0.1) is 5.60 Å². The molecule has 2 N–H and O–H groups in total. The van der Waals surface area contributed by atoms with E-state index in [1.807, 2.05) is 0 Å². The number of aliphatic hydroxyl groups is 2. The molecule has 2 atom stereocenters. The Morgan fingerprint density at radius 1 is 1.62 bits per heavy atom. The Morgan fingerprint density at radius 2 is 2.19 bits per heavy atom. The Kier molecular flexibility index (Phi) is 3.45. The first-order valence-corrected chi connectivity index (χ1v) is 5.48. The third-order valence-electron chi connectivity index (χ3n) is 2.99. The fourth-order valence-corrected chi connectivity index (χ4v) is 1.86. The molecule has 0 aromatic rings. The summed E-state index contributed by atoms with van der Waals surface area (Å²) in [7, 11) is 0. The first-order valence-electron chi connectivity index (χ1n) is 5.48. The molecule has 0 fully saturated rings. The summed E-state index contributed by atoms with van der Waals surface area (Å²) in [6.45, 7) is 6.33. The first kappa shape index (κ1) is 13.2. The van der Waals surface area contributed by atoms with Crippen LogP contribution in [-0.2, 0) is 9.53 Å². The lowest BCUT2D eigenvalue weighted by atomic mass is 9.77. The molecular formula is C12H20O4. The molecule has 0 aromatic carbocycles. The van der Waals surface area contributed by atoms with Crippen molar-refractivity contribution in [1.29, 1.82) is 0 Å². The van der Waals surface area contributed by atoms with Gasteiger partial charge in [0.15, 0.2) is 0 Å². The van der Waals surface area contributed by atoms with Crippen molar-refractivity contribution >= 4 is 5.97 Å². The van der Waals surface area contributed by atoms with Gasteiger partial charge in [-0.25, -0.2) is 0 Å². The highest BCUT2D eigenvalue weighted by Gasteiger charge is 2.38.